The molecule has 1 aromatic heterocycles. The summed E-state index contributed by atoms with van der Waals surface area (Å²) in [6, 6.07) is 7.97. The summed E-state index contributed by atoms with van der Waals surface area (Å²) in [4.78, 5) is 12.1. The van der Waals surface area contributed by atoms with Gasteiger partial charge in [0.1, 0.15) is 5.82 Å². The third-order valence-corrected chi connectivity index (χ3v) is 4.60. The Morgan fingerprint density at radius 2 is 1.57 bits per heavy atom. The molecule has 0 saturated heterocycles. The van der Waals surface area contributed by atoms with E-state index in [1.54, 1.807) is 0 Å². The summed E-state index contributed by atoms with van der Waals surface area (Å²) < 4.78 is 76.7. The van der Waals surface area contributed by atoms with Crippen LogP contribution in [0, 0.1) is 5.82 Å². The van der Waals surface area contributed by atoms with Gasteiger partial charge in [-0.3, -0.25) is 4.79 Å². The van der Waals surface area contributed by atoms with Crippen molar-refractivity contribution in [2.75, 3.05) is 0 Å². The molecule has 0 aliphatic heterocycles. The highest BCUT2D eigenvalue weighted by molar-refractivity contribution is 7.89. The third-order valence-electron chi connectivity index (χ3n) is 3.67. The summed E-state index contributed by atoms with van der Waals surface area (Å²) in [6.45, 7) is 0. The summed E-state index contributed by atoms with van der Waals surface area (Å²) in [6.07, 6.45) is -5.01. The normalized spacial score (nSPS) is 12.2. The predicted octanol–water partition coefficient (Wildman–Crippen LogP) is 2.30. The lowest BCUT2D eigenvalue weighted by Gasteiger charge is -2.11. The van der Waals surface area contributed by atoms with E-state index in [9.17, 15) is 30.8 Å². The topological polar surface area (TPSA) is 108 Å². The van der Waals surface area contributed by atoms with Gasteiger partial charge in [-0.1, -0.05) is 5.21 Å². The minimum atomic E-state index is -5.01. The summed E-state index contributed by atoms with van der Waals surface area (Å²) in [5.41, 5.74) is -2.83. The minimum absolute atomic E-state index is 0.189. The first-order chi connectivity index (χ1) is 13.0. The predicted molar refractivity (Wildman–Crippen MR) is 87.6 cm³/mol. The Morgan fingerprint density at radius 1 is 1.00 bits per heavy atom. The zero-order chi connectivity index (χ0) is 20.7. The molecule has 28 heavy (non-hydrogen) atoms. The first-order valence-corrected chi connectivity index (χ1v) is 8.99. The molecule has 3 rings (SSSR count). The lowest BCUT2D eigenvalue weighted by atomic mass is 10.1. The number of ketones is 1. The number of carbonyl (C=O) groups is 1. The number of benzene rings is 2. The molecule has 0 aliphatic rings. The molecule has 2 aromatic carbocycles. The largest absolute Gasteiger partial charge is 0.435 e. The monoisotopic (exact) mass is 414 g/mol. The molecule has 1 heterocycles. The van der Waals surface area contributed by atoms with Crippen molar-refractivity contribution in [3.05, 3.63) is 71.3 Å². The van der Waals surface area contributed by atoms with Gasteiger partial charge in [-0.15, -0.1) is 5.10 Å². The van der Waals surface area contributed by atoms with E-state index in [4.69, 9.17) is 5.14 Å². The number of alkyl halides is 3. The van der Waals surface area contributed by atoms with Gasteiger partial charge >= 0.3 is 6.18 Å². The fourth-order valence-corrected chi connectivity index (χ4v) is 2.90. The third kappa shape index (κ3) is 3.77. The summed E-state index contributed by atoms with van der Waals surface area (Å²) in [5, 5.41) is 11.7. The van der Waals surface area contributed by atoms with E-state index in [-0.39, 0.29) is 16.1 Å². The van der Waals surface area contributed by atoms with E-state index in [0.717, 1.165) is 48.5 Å². The van der Waals surface area contributed by atoms with Gasteiger partial charge in [0.2, 0.25) is 15.8 Å². The fourth-order valence-electron chi connectivity index (χ4n) is 2.38. The average molecular weight is 414 g/mol. The molecule has 0 saturated carbocycles. The molecule has 7 nitrogen and oxygen atoms in total. The Balaban J connectivity index is 2.11. The van der Waals surface area contributed by atoms with Crippen LogP contribution >= 0.6 is 0 Å². The summed E-state index contributed by atoms with van der Waals surface area (Å²) >= 11 is 0. The summed E-state index contributed by atoms with van der Waals surface area (Å²) in [7, 11) is -4.04. The van der Waals surface area contributed by atoms with Gasteiger partial charge in [0, 0.05) is 5.56 Å². The van der Waals surface area contributed by atoms with Crippen LogP contribution < -0.4 is 5.14 Å². The second-order valence-electron chi connectivity index (χ2n) is 5.57. The van der Waals surface area contributed by atoms with E-state index in [0.29, 0.717) is 4.68 Å². The summed E-state index contributed by atoms with van der Waals surface area (Å²) in [5.74, 6) is -1.76. The second-order valence-corrected chi connectivity index (χ2v) is 7.13. The Labute approximate surface area is 155 Å². The number of halogens is 4. The van der Waals surface area contributed by atoms with Crippen molar-refractivity contribution >= 4 is 15.8 Å². The van der Waals surface area contributed by atoms with Crippen molar-refractivity contribution < 1.29 is 30.8 Å². The van der Waals surface area contributed by atoms with E-state index < -0.39 is 39.2 Å². The lowest BCUT2D eigenvalue weighted by Crippen LogP contribution is -2.18. The number of nitrogens with zero attached hydrogens (tertiary/aromatic N) is 3. The van der Waals surface area contributed by atoms with Crippen molar-refractivity contribution in [2.24, 2.45) is 5.14 Å². The molecule has 0 spiro atoms. The standard InChI is InChI=1S/C16H10F4N4O3S/c17-10-3-1-9(2-4-10)14(25)13-15(16(18,19)20)24(23-22-13)11-5-7-12(8-6-11)28(21,26)27/h1-8H,(H2,21,26,27). The van der Waals surface area contributed by atoms with Crippen LogP contribution in [0.4, 0.5) is 17.6 Å². The van der Waals surface area contributed by atoms with Crippen LogP contribution in [0.3, 0.4) is 0 Å². The number of carbonyl (C=O) groups excluding carboxylic acids is 1. The highest BCUT2D eigenvalue weighted by atomic mass is 32.2. The molecular formula is C16H10F4N4O3S. The van der Waals surface area contributed by atoms with Crippen molar-refractivity contribution in [3.63, 3.8) is 0 Å². The Morgan fingerprint density at radius 3 is 2.07 bits per heavy atom. The van der Waals surface area contributed by atoms with Crippen molar-refractivity contribution in [1.82, 2.24) is 15.0 Å². The van der Waals surface area contributed by atoms with Crippen LogP contribution in [-0.2, 0) is 16.2 Å². The van der Waals surface area contributed by atoms with Crippen LogP contribution in [0.1, 0.15) is 21.7 Å². The van der Waals surface area contributed by atoms with E-state index in [1.807, 2.05) is 0 Å². The second kappa shape index (κ2) is 6.80. The maximum atomic E-state index is 13.6. The van der Waals surface area contributed by atoms with E-state index in [2.05, 4.69) is 10.3 Å². The van der Waals surface area contributed by atoms with Gasteiger partial charge in [0.15, 0.2) is 11.4 Å². The fraction of sp³-hybridized carbons (Fsp3) is 0.0625. The Kier molecular flexibility index (Phi) is 4.77. The maximum absolute atomic E-state index is 13.6. The number of sulfonamides is 1. The molecule has 0 fully saturated rings. The average Bonchev–Trinajstić information content (AvgIpc) is 3.06. The highest BCUT2D eigenvalue weighted by Gasteiger charge is 2.42. The Hall–Kier alpha value is -3.12. The SMILES string of the molecule is NS(=O)(=O)c1ccc(-n2nnc(C(=O)c3ccc(F)cc3)c2C(F)(F)F)cc1. The van der Waals surface area contributed by atoms with Crippen LogP contribution in [0.5, 0.6) is 0 Å². The smallest absolute Gasteiger partial charge is 0.287 e. The van der Waals surface area contributed by atoms with Crippen molar-refractivity contribution in [1.29, 1.82) is 0 Å². The van der Waals surface area contributed by atoms with Crippen LogP contribution in [0.25, 0.3) is 5.69 Å². The number of nitrogens with two attached hydrogens (primary N) is 1. The highest BCUT2D eigenvalue weighted by Crippen LogP contribution is 2.33. The zero-order valence-corrected chi connectivity index (χ0v) is 14.5. The molecule has 0 amide bonds. The molecule has 0 radical (unpaired) electrons. The van der Waals surface area contributed by atoms with Crippen LogP contribution in [-0.4, -0.2) is 29.2 Å². The first-order valence-electron chi connectivity index (χ1n) is 7.45. The molecular weight excluding hydrogens is 404 g/mol. The van der Waals surface area contributed by atoms with Gasteiger partial charge in [0.05, 0.1) is 10.6 Å². The minimum Gasteiger partial charge on any atom is -0.287 e. The van der Waals surface area contributed by atoms with Gasteiger partial charge in [-0.2, -0.15) is 13.2 Å². The molecule has 146 valence electrons. The van der Waals surface area contributed by atoms with Gasteiger partial charge in [-0.25, -0.2) is 22.6 Å². The number of hydrogen-bond acceptors (Lipinski definition) is 5. The van der Waals surface area contributed by atoms with Crippen molar-refractivity contribution in [2.45, 2.75) is 11.1 Å². The van der Waals surface area contributed by atoms with Gasteiger partial charge < -0.3 is 0 Å². The number of aromatic nitrogens is 3. The van der Waals surface area contributed by atoms with Crippen LogP contribution in [0.15, 0.2) is 53.4 Å². The number of hydrogen-bond donors (Lipinski definition) is 1. The number of primary sulfonamides is 1. The molecule has 0 aliphatic carbocycles. The van der Waals surface area contributed by atoms with E-state index >= 15 is 0 Å². The van der Waals surface area contributed by atoms with Crippen LogP contribution in [0.2, 0.25) is 0 Å². The molecule has 0 atom stereocenters. The molecule has 0 bridgehead atoms. The Bertz CT molecular complexity index is 1140. The molecule has 0 unspecified atom stereocenters. The van der Waals surface area contributed by atoms with Gasteiger partial charge in [-0.05, 0) is 48.5 Å². The first kappa shape index (κ1) is 19.6. The lowest BCUT2D eigenvalue weighted by molar-refractivity contribution is -0.143. The van der Waals surface area contributed by atoms with E-state index in [1.165, 1.54) is 0 Å². The molecule has 12 heteroatoms. The quantitative estimate of drug-likeness (QED) is 0.521. The molecule has 3 aromatic rings. The van der Waals surface area contributed by atoms with Gasteiger partial charge in [0.25, 0.3) is 0 Å². The maximum Gasteiger partial charge on any atom is 0.435 e. The zero-order valence-electron chi connectivity index (χ0n) is 13.7. The molecule has 2 N–H and O–H groups in total. The number of rotatable bonds is 4. The van der Waals surface area contributed by atoms with Crippen molar-refractivity contribution in [3.8, 4) is 5.69 Å².